The van der Waals surface area contributed by atoms with Gasteiger partial charge in [0.15, 0.2) is 6.67 Å². The number of anilines is 1. The number of hydrogen-bond acceptors (Lipinski definition) is 2. The molecule has 0 bridgehead atoms. The van der Waals surface area contributed by atoms with Gasteiger partial charge in [-0.15, -0.1) is 0 Å². The molecule has 1 N–H and O–H groups in total. The van der Waals surface area contributed by atoms with Crippen molar-refractivity contribution in [2.45, 2.75) is 13.5 Å². The number of quaternary nitrogens is 1. The second kappa shape index (κ2) is 6.26. The molecule has 0 aliphatic carbocycles. The van der Waals surface area contributed by atoms with E-state index in [0.717, 1.165) is 15.9 Å². The molecule has 0 radical (unpaired) electrons. The molecule has 1 heterocycles. The van der Waals surface area contributed by atoms with E-state index in [2.05, 4.69) is 35.0 Å². The van der Waals surface area contributed by atoms with Crippen LogP contribution in [0.5, 0.6) is 0 Å². The molecule has 23 heavy (non-hydrogen) atoms. The summed E-state index contributed by atoms with van der Waals surface area (Å²) in [5.74, 6) is -0.874. The summed E-state index contributed by atoms with van der Waals surface area (Å²) in [4.78, 5) is 27.2. The summed E-state index contributed by atoms with van der Waals surface area (Å²) in [5, 5.41) is 0. The first-order chi connectivity index (χ1) is 11.0. The van der Waals surface area contributed by atoms with Gasteiger partial charge in [-0.2, -0.15) is 0 Å². The summed E-state index contributed by atoms with van der Waals surface area (Å²) < 4.78 is 0.776. The summed E-state index contributed by atoms with van der Waals surface area (Å²) in [5.41, 5.74) is 3.65. The SMILES string of the molecule is Cc1ccccc1C[NH+](C)CN1C(=O)C(=O)c2cccc(Br)c21. The molecule has 118 valence electrons. The number of carbonyl (C=O) groups excluding carboxylic acids is 2. The Bertz CT molecular complexity index is 788. The third-order valence-corrected chi connectivity index (χ3v) is 4.76. The maximum Gasteiger partial charge on any atom is 0.303 e. The average molecular weight is 374 g/mol. The van der Waals surface area contributed by atoms with Gasteiger partial charge in [-0.3, -0.25) is 14.5 Å². The zero-order chi connectivity index (χ0) is 16.6. The molecule has 1 aliphatic rings. The zero-order valence-electron chi connectivity index (χ0n) is 13.1. The summed E-state index contributed by atoms with van der Waals surface area (Å²) in [6.45, 7) is 3.33. The van der Waals surface area contributed by atoms with Crippen molar-refractivity contribution in [1.29, 1.82) is 0 Å². The predicted octanol–water partition coefficient (Wildman–Crippen LogP) is 1.96. The molecule has 2 aromatic carbocycles. The van der Waals surface area contributed by atoms with Crippen LogP contribution in [-0.4, -0.2) is 25.4 Å². The third-order valence-electron chi connectivity index (χ3n) is 4.12. The molecule has 0 saturated carbocycles. The number of benzene rings is 2. The van der Waals surface area contributed by atoms with Crippen molar-refractivity contribution in [2.75, 3.05) is 18.6 Å². The van der Waals surface area contributed by atoms with Crippen LogP contribution in [0.3, 0.4) is 0 Å². The molecule has 1 atom stereocenters. The highest BCUT2D eigenvalue weighted by molar-refractivity contribution is 9.10. The minimum atomic E-state index is -0.448. The summed E-state index contributed by atoms with van der Waals surface area (Å²) >= 11 is 3.46. The second-order valence-corrected chi connectivity index (χ2v) is 6.77. The standard InChI is InChI=1S/C18H17BrN2O2/c1-12-6-3-4-7-13(12)10-20(2)11-21-16-14(17(22)18(21)23)8-5-9-15(16)19/h3-9H,10-11H2,1-2H3/p+1. The predicted molar refractivity (Wildman–Crippen MR) is 92.6 cm³/mol. The zero-order valence-corrected chi connectivity index (χ0v) is 14.7. The van der Waals surface area contributed by atoms with Crippen LogP contribution in [0.15, 0.2) is 46.9 Å². The van der Waals surface area contributed by atoms with Crippen LogP contribution >= 0.6 is 15.9 Å². The van der Waals surface area contributed by atoms with Crippen molar-refractivity contribution < 1.29 is 14.5 Å². The van der Waals surface area contributed by atoms with Crippen LogP contribution < -0.4 is 9.80 Å². The number of amides is 1. The van der Waals surface area contributed by atoms with Gasteiger partial charge in [0.2, 0.25) is 0 Å². The second-order valence-electron chi connectivity index (χ2n) is 5.92. The van der Waals surface area contributed by atoms with E-state index in [0.29, 0.717) is 17.9 Å². The number of hydrogen-bond donors (Lipinski definition) is 1. The first kappa shape index (κ1) is 15.9. The van der Waals surface area contributed by atoms with Gasteiger partial charge in [0.05, 0.1) is 18.3 Å². The van der Waals surface area contributed by atoms with E-state index >= 15 is 0 Å². The van der Waals surface area contributed by atoms with Gasteiger partial charge in [0, 0.05) is 10.0 Å². The van der Waals surface area contributed by atoms with Crippen molar-refractivity contribution in [2.24, 2.45) is 0 Å². The molecule has 1 aliphatic heterocycles. The molecule has 0 spiro atoms. The number of Topliss-reactive ketones (excluding diaryl/α,β-unsaturated/α-hetero) is 1. The molecular formula is C18H18BrN2O2+. The highest BCUT2D eigenvalue weighted by atomic mass is 79.9. The Morgan fingerprint density at radius 1 is 1.09 bits per heavy atom. The molecule has 0 aromatic heterocycles. The fourth-order valence-electron chi connectivity index (χ4n) is 2.92. The number of aryl methyl sites for hydroxylation is 1. The van der Waals surface area contributed by atoms with Crippen molar-refractivity contribution in [3.63, 3.8) is 0 Å². The number of halogens is 1. The lowest BCUT2D eigenvalue weighted by atomic mass is 10.1. The summed E-state index contributed by atoms with van der Waals surface area (Å²) in [6.07, 6.45) is 0. The van der Waals surface area contributed by atoms with E-state index < -0.39 is 11.7 Å². The Kier molecular flexibility index (Phi) is 4.33. The highest BCUT2D eigenvalue weighted by Crippen LogP contribution is 2.35. The van der Waals surface area contributed by atoms with E-state index in [9.17, 15) is 9.59 Å². The lowest BCUT2D eigenvalue weighted by Crippen LogP contribution is -3.09. The number of para-hydroxylation sites is 1. The van der Waals surface area contributed by atoms with Crippen LogP contribution in [0.25, 0.3) is 0 Å². The molecule has 0 saturated heterocycles. The number of ketones is 1. The number of carbonyl (C=O) groups is 2. The maximum absolute atomic E-state index is 12.3. The van der Waals surface area contributed by atoms with E-state index in [-0.39, 0.29) is 0 Å². The molecule has 1 unspecified atom stereocenters. The molecule has 4 nitrogen and oxygen atoms in total. The smallest absolute Gasteiger partial charge is 0.303 e. The van der Waals surface area contributed by atoms with Crippen LogP contribution in [0.2, 0.25) is 0 Å². The Morgan fingerprint density at radius 3 is 2.57 bits per heavy atom. The Balaban J connectivity index is 1.82. The number of rotatable bonds is 4. The number of nitrogens with one attached hydrogen (secondary N) is 1. The van der Waals surface area contributed by atoms with Crippen molar-refractivity contribution >= 4 is 33.3 Å². The van der Waals surface area contributed by atoms with Crippen LogP contribution in [0.1, 0.15) is 21.5 Å². The van der Waals surface area contributed by atoms with Gasteiger partial charge in [-0.1, -0.05) is 30.3 Å². The van der Waals surface area contributed by atoms with Gasteiger partial charge in [-0.25, -0.2) is 0 Å². The third kappa shape index (κ3) is 2.94. The van der Waals surface area contributed by atoms with Gasteiger partial charge < -0.3 is 4.90 Å². The first-order valence-corrected chi connectivity index (χ1v) is 8.29. The quantitative estimate of drug-likeness (QED) is 0.832. The molecule has 5 heteroatoms. The fourth-order valence-corrected chi connectivity index (χ4v) is 3.50. The first-order valence-electron chi connectivity index (χ1n) is 7.49. The Morgan fingerprint density at radius 2 is 1.83 bits per heavy atom. The minimum absolute atomic E-state index is 0.426. The Labute approximate surface area is 143 Å². The van der Waals surface area contributed by atoms with E-state index in [4.69, 9.17) is 0 Å². The molecular weight excluding hydrogens is 356 g/mol. The van der Waals surface area contributed by atoms with Crippen molar-refractivity contribution in [3.8, 4) is 0 Å². The molecule has 0 fully saturated rings. The van der Waals surface area contributed by atoms with Crippen molar-refractivity contribution in [1.82, 2.24) is 0 Å². The molecule has 3 rings (SSSR count). The van der Waals surface area contributed by atoms with Crippen LogP contribution in [0, 0.1) is 6.92 Å². The largest absolute Gasteiger partial charge is 0.316 e. The summed E-state index contributed by atoms with van der Waals surface area (Å²) in [6, 6.07) is 13.6. The van der Waals surface area contributed by atoms with Gasteiger partial charge in [0.25, 0.3) is 5.78 Å². The minimum Gasteiger partial charge on any atom is -0.316 e. The van der Waals surface area contributed by atoms with E-state index in [1.54, 1.807) is 17.0 Å². The lowest BCUT2D eigenvalue weighted by Gasteiger charge is -2.23. The topological polar surface area (TPSA) is 41.8 Å². The maximum atomic E-state index is 12.3. The lowest BCUT2D eigenvalue weighted by molar-refractivity contribution is -0.892. The van der Waals surface area contributed by atoms with Crippen LogP contribution in [-0.2, 0) is 11.3 Å². The van der Waals surface area contributed by atoms with Gasteiger partial charge in [-0.05, 0) is 40.5 Å². The highest BCUT2D eigenvalue weighted by Gasteiger charge is 2.38. The van der Waals surface area contributed by atoms with Crippen molar-refractivity contribution in [3.05, 3.63) is 63.6 Å². The van der Waals surface area contributed by atoms with Gasteiger partial charge >= 0.3 is 5.91 Å². The summed E-state index contributed by atoms with van der Waals surface area (Å²) in [7, 11) is 2.03. The number of fused-ring (bicyclic) bond motifs is 1. The Hall–Kier alpha value is -1.98. The normalized spacial score (nSPS) is 15.0. The number of nitrogens with zero attached hydrogens (tertiary/aromatic N) is 1. The monoisotopic (exact) mass is 373 g/mol. The van der Waals surface area contributed by atoms with Crippen LogP contribution in [0.4, 0.5) is 5.69 Å². The molecule has 2 aromatic rings. The fraction of sp³-hybridized carbons (Fsp3) is 0.222. The van der Waals surface area contributed by atoms with E-state index in [1.807, 2.05) is 25.2 Å². The van der Waals surface area contributed by atoms with Gasteiger partial charge in [0.1, 0.15) is 6.54 Å². The average Bonchev–Trinajstić information content (AvgIpc) is 2.76. The molecule has 1 amide bonds. The van der Waals surface area contributed by atoms with E-state index in [1.165, 1.54) is 11.1 Å².